The van der Waals surface area contributed by atoms with E-state index in [0.29, 0.717) is 24.9 Å². The fraction of sp³-hybridized carbons (Fsp3) is 0.370. The standard InChI is InChI=1S/C27H25F2N3O3/c1-15-24(16(2)35-31-15)19-10-23-25(30-11-19)22(18-3-4-21-20(9-18)14-34-26(21)33)13-32(23)12-17-5-7-27(28,29)8-6-17/h3-4,9-11,13,17H,5-8,12,14H2,1-2H3. The molecule has 0 amide bonds. The largest absolute Gasteiger partial charge is 0.457 e. The fourth-order valence-corrected chi connectivity index (χ4v) is 5.42. The van der Waals surface area contributed by atoms with Crippen molar-refractivity contribution in [2.75, 3.05) is 0 Å². The minimum absolute atomic E-state index is 0.0643. The second-order valence-electron chi connectivity index (χ2n) is 9.73. The van der Waals surface area contributed by atoms with Crippen molar-refractivity contribution in [2.24, 2.45) is 5.92 Å². The average molecular weight is 478 g/mol. The molecule has 180 valence electrons. The Hall–Kier alpha value is -3.55. The smallest absolute Gasteiger partial charge is 0.338 e. The van der Waals surface area contributed by atoms with Crippen LogP contribution in [0.1, 0.15) is 53.1 Å². The zero-order valence-electron chi connectivity index (χ0n) is 19.6. The molecule has 3 aromatic heterocycles. The number of pyridine rings is 1. The molecule has 8 heteroatoms. The molecule has 0 spiro atoms. The number of carbonyl (C=O) groups excluding carboxylic acids is 1. The number of benzene rings is 1. The molecule has 1 fully saturated rings. The molecular formula is C27H25F2N3O3. The maximum absolute atomic E-state index is 13.8. The van der Waals surface area contributed by atoms with Crippen molar-refractivity contribution in [1.82, 2.24) is 14.7 Å². The zero-order valence-corrected chi connectivity index (χ0v) is 19.6. The summed E-state index contributed by atoms with van der Waals surface area (Å²) in [6.45, 7) is 4.68. The molecule has 6 nitrogen and oxygen atoms in total. The first-order chi connectivity index (χ1) is 16.8. The molecule has 0 radical (unpaired) electrons. The van der Waals surface area contributed by atoms with Crippen LogP contribution in [0.5, 0.6) is 0 Å². The van der Waals surface area contributed by atoms with Crippen LogP contribution in [0.2, 0.25) is 0 Å². The first-order valence-corrected chi connectivity index (χ1v) is 11.9. The molecule has 1 aliphatic carbocycles. The van der Waals surface area contributed by atoms with E-state index >= 15 is 0 Å². The van der Waals surface area contributed by atoms with Gasteiger partial charge in [-0.15, -0.1) is 0 Å². The highest BCUT2D eigenvalue weighted by Crippen LogP contribution is 2.39. The third-order valence-electron chi connectivity index (χ3n) is 7.33. The van der Waals surface area contributed by atoms with Gasteiger partial charge < -0.3 is 13.8 Å². The predicted molar refractivity (Wildman–Crippen MR) is 126 cm³/mol. The molecule has 4 aromatic rings. The van der Waals surface area contributed by atoms with Crippen LogP contribution in [-0.4, -0.2) is 26.6 Å². The number of alkyl halides is 2. The third kappa shape index (κ3) is 3.81. The molecular weight excluding hydrogens is 452 g/mol. The van der Waals surface area contributed by atoms with E-state index in [-0.39, 0.29) is 31.3 Å². The molecule has 1 aromatic carbocycles. The maximum Gasteiger partial charge on any atom is 0.338 e. The van der Waals surface area contributed by atoms with Crippen molar-refractivity contribution < 1.29 is 22.8 Å². The Morgan fingerprint density at radius 1 is 1.11 bits per heavy atom. The molecule has 0 saturated heterocycles. The molecule has 6 rings (SSSR count). The lowest BCUT2D eigenvalue weighted by Crippen LogP contribution is -2.26. The van der Waals surface area contributed by atoms with Crippen molar-refractivity contribution in [1.29, 1.82) is 0 Å². The minimum atomic E-state index is -2.55. The highest BCUT2D eigenvalue weighted by Gasteiger charge is 2.35. The number of aryl methyl sites for hydroxylation is 2. The minimum Gasteiger partial charge on any atom is -0.457 e. The van der Waals surface area contributed by atoms with Crippen LogP contribution in [0.3, 0.4) is 0 Å². The summed E-state index contributed by atoms with van der Waals surface area (Å²) in [6, 6.07) is 7.76. The van der Waals surface area contributed by atoms with Crippen LogP contribution in [0.25, 0.3) is 33.3 Å². The van der Waals surface area contributed by atoms with Gasteiger partial charge in [-0.2, -0.15) is 0 Å². The van der Waals surface area contributed by atoms with Gasteiger partial charge in [-0.3, -0.25) is 4.98 Å². The van der Waals surface area contributed by atoms with E-state index in [1.807, 2.05) is 32.2 Å². The number of hydrogen-bond donors (Lipinski definition) is 0. The van der Waals surface area contributed by atoms with Gasteiger partial charge in [0.25, 0.3) is 0 Å². The Balaban J connectivity index is 1.45. The normalized spacial score (nSPS) is 17.7. The number of nitrogens with zero attached hydrogens (tertiary/aromatic N) is 3. The van der Waals surface area contributed by atoms with Crippen LogP contribution in [-0.2, 0) is 17.9 Å². The number of ether oxygens (including phenoxy) is 1. The highest BCUT2D eigenvalue weighted by molar-refractivity contribution is 5.97. The van der Waals surface area contributed by atoms with Gasteiger partial charge >= 0.3 is 5.97 Å². The van der Waals surface area contributed by atoms with Crippen molar-refractivity contribution >= 4 is 17.0 Å². The van der Waals surface area contributed by atoms with Crippen LogP contribution in [0.4, 0.5) is 8.78 Å². The van der Waals surface area contributed by atoms with E-state index in [2.05, 4.69) is 22.0 Å². The quantitative estimate of drug-likeness (QED) is 0.315. The monoisotopic (exact) mass is 477 g/mol. The molecule has 35 heavy (non-hydrogen) atoms. The van der Waals surface area contributed by atoms with Gasteiger partial charge in [-0.25, -0.2) is 13.6 Å². The number of halogens is 2. The lowest BCUT2D eigenvalue weighted by molar-refractivity contribution is -0.0472. The molecule has 0 bridgehead atoms. The summed E-state index contributed by atoms with van der Waals surface area (Å²) in [5.74, 6) is -1.96. The highest BCUT2D eigenvalue weighted by atomic mass is 19.3. The maximum atomic E-state index is 13.8. The fourth-order valence-electron chi connectivity index (χ4n) is 5.42. The number of fused-ring (bicyclic) bond motifs is 2. The molecule has 0 unspecified atom stereocenters. The summed E-state index contributed by atoms with van der Waals surface area (Å²) < 4.78 is 40.2. The Morgan fingerprint density at radius 2 is 1.91 bits per heavy atom. The van der Waals surface area contributed by atoms with E-state index in [4.69, 9.17) is 14.2 Å². The lowest BCUT2D eigenvalue weighted by Gasteiger charge is -2.28. The van der Waals surface area contributed by atoms with Gasteiger partial charge in [-0.1, -0.05) is 11.2 Å². The molecule has 0 atom stereocenters. The Bertz CT molecular complexity index is 1440. The summed E-state index contributed by atoms with van der Waals surface area (Å²) in [5.41, 5.74) is 7.70. The Kier molecular flexibility index (Phi) is 5.02. The molecule has 2 aliphatic rings. The zero-order chi connectivity index (χ0) is 24.3. The van der Waals surface area contributed by atoms with E-state index in [1.165, 1.54) is 0 Å². The summed E-state index contributed by atoms with van der Waals surface area (Å²) in [6.07, 6.45) is 4.75. The number of carbonyl (C=O) groups is 1. The summed E-state index contributed by atoms with van der Waals surface area (Å²) in [5, 5.41) is 4.07. The summed E-state index contributed by atoms with van der Waals surface area (Å²) in [7, 11) is 0. The van der Waals surface area contributed by atoms with E-state index in [1.54, 1.807) is 6.07 Å². The first-order valence-electron chi connectivity index (χ1n) is 11.9. The van der Waals surface area contributed by atoms with E-state index in [9.17, 15) is 13.6 Å². The van der Waals surface area contributed by atoms with Crippen molar-refractivity contribution in [2.45, 2.75) is 58.6 Å². The van der Waals surface area contributed by atoms with Crippen LogP contribution in [0, 0.1) is 19.8 Å². The lowest BCUT2D eigenvalue weighted by atomic mass is 9.87. The average Bonchev–Trinajstić information content (AvgIpc) is 3.50. The second-order valence-corrected chi connectivity index (χ2v) is 9.73. The second kappa shape index (κ2) is 8.00. The number of aromatic nitrogens is 3. The van der Waals surface area contributed by atoms with Crippen LogP contribution >= 0.6 is 0 Å². The molecule has 0 N–H and O–H groups in total. The third-order valence-corrected chi connectivity index (χ3v) is 7.33. The van der Waals surface area contributed by atoms with Crippen molar-refractivity contribution in [3.8, 4) is 22.3 Å². The van der Waals surface area contributed by atoms with Gasteiger partial charge in [0.2, 0.25) is 5.92 Å². The Labute approximate surface area is 200 Å². The van der Waals surface area contributed by atoms with Gasteiger partial charge in [0.1, 0.15) is 12.4 Å². The van der Waals surface area contributed by atoms with Crippen molar-refractivity contribution in [3.63, 3.8) is 0 Å². The number of esters is 1. The first kappa shape index (κ1) is 21.9. The van der Waals surface area contributed by atoms with Crippen molar-refractivity contribution in [3.05, 3.63) is 59.2 Å². The van der Waals surface area contributed by atoms with Crippen LogP contribution in [0.15, 0.2) is 41.2 Å². The topological polar surface area (TPSA) is 70.2 Å². The van der Waals surface area contributed by atoms with Gasteiger partial charge in [0, 0.05) is 54.0 Å². The summed E-state index contributed by atoms with van der Waals surface area (Å²) >= 11 is 0. The number of hydrogen-bond acceptors (Lipinski definition) is 5. The van der Waals surface area contributed by atoms with E-state index < -0.39 is 5.92 Å². The Morgan fingerprint density at radius 3 is 2.66 bits per heavy atom. The van der Waals surface area contributed by atoms with Gasteiger partial charge in [-0.05, 0) is 56.4 Å². The molecule has 1 saturated carbocycles. The SMILES string of the molecule is Cc1noc(C)c1-c1cnc2c(-c3ccc4c(c3)COC4=O)cn(CC3CCC(F)(F)CC3)c2c1. The number of cyclic esters (lactones) is 1. The van der Waals surface area contributed by atoms with E-state index in [0.717, 1.165) is 50.3 Å². The summed E-state index contributed by atoms with van der Waals surface area (Å²) in [4.78, 5) is 16.7. The predicted octanol–water partition coefficient (Wildman–Crippen LogP) is 6.47. The van der Waals surface area contributed by atoms with Crippen LogP contribution < -0.4 is 0 Å². The van der Waals surface area contributed by atoms with Gasteiger partial charge in [0.05, 0.1) is 22.3 Å². The van der Waals surface area contributed by atoms with Gasteiger partial charge in [0.15, 0.2) is 0 Å². The molecule has 1 aliphatic heterocycles. The number of rotatable bonds is 4. The molecule has 4 heterocycles.